The van der Waals surface area contributed by atoms with Crippen LogP contribution in [0.5, 0.6) is 0 Å². The molecule has 1 amide bonds. The summed E-state index contributed by atoms with van der Waals surface area (Å²) in [5.41, 5.74) is -0.529. The van der Waals surface area contributed by atoms with Crippen molar-refractivity contribution in [3.05, 3.63) is 0 Å². The molecule has 1 N–H and O–H groups in total. The maximum atomic E-state index is 12.2. The fourth-order valence-electron chi connectivity index (χ4n) is 2.66. The largest absolute Gasteiger partial charge is 0.444 e. The van der Waals surface area contributed by atoms with E-state index in [0.29, 0.717) is 38.7 Å². The van der Waals surface area contributed by atoms with Gasteiger partial charge in [-0.3, -0.25) is 4.99 Å². The highest BCUT2D eigenvalue weighted by atomic mass is 127. The summed E-state index contributed by atoms with van der Waals surface area (Å²) in [5, 5.41) is 3.22. The summed E-state index contributed by atoms with van der Waals surface area (Å²) >= 11 is 0. The SMILES string of the molecule is CCN(CCNC(=NC)N1CCS(=O)(=O)C(C)(C)C1)C(=O)OC(C)(C)C.I. The molecule has 8 nitrogen and oxygen atoms in total. The standard InChI is InChI=1S/C17H34N4O4S.HI/c1-8-20(15(22)25-16(2,3)4)10-9-19-14(18-7)21-11-12-26(23,24)17(5,6)13-21;/h8-13H2,1-7H3,(H,18,19);1H. The second-order valence-corrected chi connectivity index (χ2v) is 10.8. The third-order valence-electron chi connectivity index (χ3n) is 4.25. The zero-order valence-electron chi connectivity index (χ0n) is 17.5. The van der Waals surface area contributed by atoms with E-state index in [1.807, 2.05) is 32.6 Å². The van der Waals surface area contributed by atoms with Crippen LogP contribution < -0.4 is 5.32 Å². The van der Waals surface area contributed by atoms with E-state index in [9.17, 15) is 13.2 Å². The van der Waals surface area contributed by atoms with Gasteiger partial charge in [0.25, 0.3) is 0 Å². The van der Waals surface area contributed by atoms with Crippen LogP contribution in [0.25, 0.3) is 0 Å². The zero-order chi connectivity index (χ0) is 20.2. The summed E-state index contributed by atoms with van der Waals surface area (Å²) in [6, 6.07) is 0. The molecule has 1 rings (SSSR count). The van der Waals surface area contributed by atoms with Gasteiger partial charge in [0.15, 0.2) is 15.8 Å². The average Bonchev–Trinajstić information content (AvgIpc) is 2.49. The van der Waals surface area contributed by atoms with E-state index < -0.39 is 20.2 Å². The van der Waals surface area contributed by atoms with E-state index >= 15 is 0 Å². The number of nitrogens with one attached hydrogen (secondary N) is 1. The van der Waals surface area contributed by atoms with Gasteiger partial charge >= 0.3 is 6.09 Å². The van der Waals surface area contributed by atoms with Crippen LogP contribution in [0.4, 0.5) is 4.79 Å². The first-order valence-electron chi connectivity index (χ1n) is 8.99. The minimum atomic E-state index is -3.10. The molecule has 27 heavy (non-hydrogen) atoms. The number of aliphatic imine (C=N–C) groups is 1. The number of nitrogens with zero attached hydrogens (tertiary/aromatic N) is 3. The minimum absolute atomic E-state index is 0. The molecule has 0 aromatic heterocycles. The maximum absolute atomic E-state index is 12.2. The Balaban J connectivity index is 0.00000676. The van der Waals surface area contributed by atoms with Crippen molar-refractivity contribution in [1.29, 1.82) is 0 Å². The summed E-state index contributed by atoms with van der Waals surface area (Å²) < 4.78 is 28.9. The number of hydrogen-bond donors (Lipinski definition) is 1. The van der Waals surface area contributed by atoms with Crippen molar-refractivity contribution in [2.45, 2.75) is 51.9 Å². The predicted molar refractivity (Wildman–Crippen MR) is 120 cm³/mol. The first kappa shape index (κ1) is 26.2. The van der Waals surface area contributed by atoms with E-state index in [2.05, 4.69) is 10.3 Å². The average molecular weight is 518 g/mol. The van der Waals surface area contributed by atoms with Crippen LogP contribution in [0.2, 0.25) is 0 Å². The van der Waals surface area contributed by atoms with Crippen LogP contribution in [0.3, 0.4) is 0 Å². The number of rotatable bonds is 4. The lowest BCUT2D eigenvalue weighted by molar-refractivity contribution is 0.0263. The van der Waals surface area contributed by atoms with E-state index in [1.54, 1.807) is 25.8 Å². The summed E-state index contributed by atoms with van der Waals surface area (Å²) in [5.74, 6) is 0.757. The van der Waals surface area contributed by atoms with Crippen LogP contribution in [0, 0.1) is 0 Å². The van der Waals surface area contributed by atoms with Gasteiger partial charge in [-0.05, 0) is 41.5 Å². The van der Waals surface area contributed by atoms with Gasteiger partial charge in [-0.1, -0.05) is 0 Å². The Morgan fingerprint density at radius 2 is 1.93 bits per heavy atom. The molecule has 10 heteroatoms. The molecule has 0 aromatic rings. The molecular formula is C17H35IN4O4S. The topological polar surface area (TPSA) is 91.3 Å². The van der Waals surface area contributed by atoms with E-state index in [0.717, 1.165) is 0 Å². The number of halogens is 1. The monoisotopic (exact) mass is 518 g/mol. The molecule has 1 saturated heterocycles. The summed E-state index contributed by atoms with van der Waals surface area (Å²) in [6.07, 6.45) is -0.345. The number of guanidine groups is 1. The minimum Gasteiger partial charge on any atom is -0.444 e. The Morgan fingerprint density at radius 1 is 1.33 bits per heavy atom. The Labute approximate surface area is 181 Å². The van der Waals surface area contributed by atoms with Crippen molar-refractivity contribution >= 4 is 45.9 Å². The second-order valence-electron chi connectivity index (χ2n) is 8.03. The van der Waals surface area contributed by atoms with Crippen molar-refractivity contribution in [3.63, 3.8) is 0 Å². The van der Waals surface area contributed by atoms with Gasteiger partial charge in [-0.15, -0.1) is 24.0 Å². The first-order chi connectivity index (χ1) is 11.8. The van der Waals surface area contributed by atoms with Gasteiger partial charge < -0.3 is 19.9 Å². The Bertz CT molecular complexity index is 629. The third-order valence-corrected chi connectivity index (χ3v) is 6.79. The van der Waals surface area contributed by atoms with Crippen LogP contribution in [-0.2, 0) is 14.6 Å². The zero-order valence-corrected chi connectivity index (χ0v) is 20.7. The number of carbonyl (C=O) groups is 1. The van der Waals surface area contributed by atoms with Crippen LogP contribution in [0.15, 0.2) is 4.99 Å². The van der Waals surface area contributed by atoms with E-state index in [-0.39, 0.29) is 35.8 Å². The van der Waals surface area contributed by atoms with E-state index in [4.69, 9.17) is 4.74 Å². The van der Waals surface area contributed by atoms with Crippen LogP contribution in [-0.4, -0.2) is 86.1 Å². The van der Waals surface area contributed by atoms with Crippen LogP contribution >= 0.6 is 24.0 Å². The molecule has 0 aromatic carbocycles. The van der Waals surface area contributed by atoms with Gasteiger partial charge in [-0.2, -0.15) is 0 Å². The number of likely N-dealkylation sites (N-methyl/N-ethyl adjacent to an activating group) is 1. The molecular weight excluding hydrogens is 483 g/mol. The molecule has 0 radical (unpaired) electrons. The number of amides is 1. The number of hydrogen-bond acceptors (Lipinski definition) is 5. The third kappa shape index (κ3) is 7.63. The number of ether oxygens (including phenoxy) is 1. The van der Waals surface area contributed by atoms with Crippen molar-refractivity contribution in [2.24, 2.45) is 4.99 Å². The maximum Gasteiger partial charge on any atom is 0.410 e. The Kier molecular flexibility index (Phi) is 9.84. The summed E-state index contributed by atoms with van der Waals surface area (Å²) in [6.45, 7) is 13.2. The van der Waals surface area contributed by atoms with Crippen molar-refractivity contribution in [2.75, 3.05) is 45.5 Å². The lowest BCUT2D eigenvalue weighted by atomic mass is 10.2. The number of carbonyl (C=O) groups excluding carboxylic acids is 1. The predicted octanol–water partition coefficient (Wildman–Crippen LogP) is 1.95. The molecule has 1 fully saturated rings. The van der Waals surface area contributed by atoms with E-state index in [1.165, 1.54) is 0 Å². The molecule has 0 unspecified atom stereocenters. The van der Waals surface area contributed by atoms with Gasteiger partial charge in [0.2, 0.25) is 0 Å². The number of sulfone groups is 1. The summed E-state index contributed by atoms with van der Waals surface area (Å²) in [4.78, 5) is 20.0. The quantitative estimate of drug-likeness (QED) is 0.348. The molecule has 1 aliphatic heterocycles. The molecule has 0 atom stereocenters. The summed E-state index contributed by atoms with van der Waals surface area (Å²) in [7, 11) is -1.43. The van der Waals surface area contributed by atoms with Crippen LogP contribution in [0.1, 0.15) is 41.5 Å². The second kappa shape index (κ2) is 10.1. The van der Waals surface area contributed by atoms with Gasteiger partial charge in [0.05, 0.1) is 10.5 Å². The molecule has 1 heterocycles. The van der Waals surface area contributed by atoms with Crippen molar-refractivity contribution < 1.29 is 17.9 Å². The Morgan fingerprint density at radius 3 is 2.37 bits per heavy atom. The fraction of sp³-hybridized carbons (Fsp3) is 0.882. The lowest BCUT2D eigenvalue weighted by Gasteiger charge is -2.39. The highest BCUT2D eigenvalue weighted by Gasteiger charge is 2.40. The van der Waals surface area contributed by atoms with Gasteiger partial charge in [0.1, 0.15) is 5.60 Å². The molecule has 160 valence electrons. The van der Waals surface area contributed by atoms with Gasteiger partial charge in [-0.25, -0.2) is 13.2 Å². The van der Waals surface area contributed by atoms with Crippen molar-refractivity contribution in [3.8, 4) is 0 Å². The first-order valence-corrected chi connectivity index (χ1v) is 10.6. The highest BCUT2D eigenvalue weighted by Crippen LogP contribution is 2.23. The normalized spacial score (nSPS) is 19.1. The smallest absolute Gasteiger partial charge is 0.410 e. The highest BCUT2D eigenvalue weighted by molar-refractivity contribution is 14.0. The molecule has 0 bridgehead atoms. The lowest BCUT2D eigenvalue weighted by Crippen LogP contribution is -2.57. The van der Waals surface area contributed by atoms with Gasteiger partial charge in [0, 0.05) is 39.8 Å². The molecule has 1 aliphatic rings. The Hall–Kier alpha value is -0.780. The molecule has 0 aliphatic carbocycles. The molecule has 0 spiro atoms. The fourth-order valence-corrected chi connectivity index (χ4v) is 4.03. The molecule has 0 saturated carbocycles. The van der Waals surface area contributed by atoms with Crippen molar-refractivity contribution in [1.82, 2.24) is 15.1 Å².